The lowest BCUT2D eigenvalue weighted by Gasteiger charge is -2.21. The minimum Gasteiger partial charge on any atom is -0.310 e. The van der Waals surface area contributed by atoms with Crippen LogP contribution >= 0.6 is 15.9 Å². The van der Waals surface area contributed by atoms with Crippen LogP contribution in [-0.2, 0) is 0 Å². The van der Waals surface area contributed by atoms with E-state index in [1.807, 2.05) is 12.1 Å². The Morgan fingerprint density at radius 2 is 1.89 bits per heavy atom. The molecule has 4 nitrogen and oxygen atoms in total. The van der Waals surface area contributed by atoms with Crippen LogP contribution in [0.4, 0.5) is 0 Å². The first-order chi connectivity index (χ1) is 9.01. The number of aromatic nitrogens is 2. The fourth-order valence-electron chi connectivity index (χ4n) is 2.38. The van der Waals surface area contributed by atoms with E-state index in [1.54, 1.807) is 0 Å². The Labute approximate surface area is 121 Å². The van der Waals surface area contributed by atoms with Gasteiger partial charge in [-0.2, -0.15) is 0 Å². The molecule has 104 valence electrons. The highest BCUT2D eigenvalue weighted by Crippen LogP contribution is 2.30. The van der Waals surface area contributed by atoms with E-state index in [0.29, 0.717) is 12.0 Å². The average Bonchev–Trinajstić information content (AvgIpc) is 2.66. The van der Waals surface area contributed by atoms with Crippen LogP contribution < -0.4 is 11.0 Å². The fourth-order valence-corrected chi connectivity index (χ4v) is 3.00. The van der Waals surface area contributed by atoms with E-state index in [1.165, 1.54) is 5.56 Å². The molecule has 0 aliphatic carbocycles. The molecule has 0 radical (unpaired) electrons. The van der Waals surface area contributed by atoms with E-state index in [2.05, 4.69) is 52.0 Å². The Bertz CT molecular complexity index is 615. The summed E-state index contributed by atoms with van der Waals surface area (Å²) in [5.74, 6) is 0.608. The van der Waals surface area contributed by atoms with Crippen LogP contribution in [0.1, 0.15) is 38.8 Å². The molecule has 0 amide bonds. The summed E-state index contributed by atoms with van der Waals surface area (Å²) in [5.41, 5.74) is 2.72. The molecule has 2 rings (SSSR count). The highest BCUT2D eigenvalue weighted by molar-refractivity contribution is 9.10. The number of hydrogen-bond donors (Lipinski definition) is 3. The number of nitrogens with one attached hydrogen (secondary N) is 3. The van der Waals surface area contributed by atoms with E-state index in [0.717, 1.165) is 28.5 Å². The number of halogens is 1. The molecule has 2 aromatic rings. The van der Waals surface area contributed by atoms with Crippen molar-refractivity contribution in [1.82, 2.24) is 15.3 Å². The van der Waals surface area contributed by atoms with Gasteiger partial charge in [-0.05, 0) is 36.6 Å². The SMILES string of the molecule is CCNC(CC(C)C)c1cc2[nH]c(=O)[nH]c2cc1Br. The van der Waals surface area contributed by atoms with E-state index >= 15 is 0 Å². The molecule has 0 aliphatic rings. The van der Waals surface area contributed by atoms with Crippen molar-refractivity contribution >= 4 is 27.0 Å². The molecule has 19 heavy (non-hydrogen) atoms. The zero-order chi connectivity index (χ0) is 14.0. The highest BCUT2D eigenvalue weighted by atomic mass is 79.9. The van der Waals surface area contributed by atoms with Crippen LogP contribution in [0, 0.1) is 5.92 Å². The maximum atomic E-state index is 11.3. The normalized spacial score (nSPS) is 13.3. The summed E-state index contributed by atoms with van der Waals surface area (Å²) < 4.78 is 1.03. The van der Waals surface area contributed by atoms with Gasteiger partial charge in [-0.3, -0.25) is 0 Å². The number of hydrogen-bond acceptors (Lipinski definition) is 2. The summed E-state index contributed by atoms with van der Waals surface area (Å²) in [4.78, 5) is 16.9. The monoisotopic (exact) mass is 325 g/mol. The fraction of sp³-hybridized carbons (Fsp3) is 0.500. The number of aromatic amines is 2. The predicted molar refractivity (Wildman–Crippen MR) is 82.5 cm³/mol. The van der Waals surface area contributed by atoms with Crippen LogP contribution in [0.3, 0.4) is 0 Å². The van der Waals surface area contributed by atoms with Gasteiger partial charge in [-0.1, -0.05) is 36.7 Å². The second-order valence-electron chi connectivity index (χ2n) is 5.24. The minimum atomic E-state index is -0.164. The predicted octanol–water partition coefficient (Wildman–Crippen LogP) is 3.32. The summed E-state index contributed by atoms with van der Waals surface area (Å²) in [6, 6.07) is 4.31. The molecule has 0 fully saturated rings. The molecule has 1 atom stereocenters. The van der Waals surface area contributed by atoms with Gasteiger partial charge in [-0.25, -0.2) is 4.79 Å². The van der Waals surface area contributed by atoms with Gasteiger partial charge in [0.2, 0.25) is 0 Å². The first-order valence-electron chi connectivity index (χ1n) is 6.66. The van der Waals surface area contributed by atoms with Gasteiger partial charge in [0.05, 0.1) is 11.0 Å². The van der Waals surface area contributed by atoms with Gasteiger partial charge in [0.15, 0.2) is 0 Å². The Balaban J connectivity index is 2.45. The summed E-state index contributed by atoms with van der Waals surface area (Å²) in [7, 11) is 0. The molecule has 0 saturated carbocycles. The smallest absolute Gasteiger partial charge is 0.310 e. The Morgan fingerprint density at radius 1 is 1.26 bits per heavy atom. The number of fused-ring (bicyclic) bond motifs is 1. The molecule has 5 heteroatoms. The van der Waals surface area contributed by atoms with Gasteiger partial charge < -0.3 is 15.3 Å². The lowest BCUT2D eigenvalue weighted by molar-refractivity contribution is 0.437. The van der Waals surface area contributed by atoms with Crippen molar-refractivity contribution in [2.45, 2.75) is 33.2 Å². The number of imidazole rings is 1. The van der Waals surface area contributed by atoms with Crippen molar-refractivity contribution in [3.63, 3.8) is 0 Å². The number of rotatable bonds is 5. The summed E-state index contributed by atoms with van der Waals surface area (Å²) in [5, 5.41) is 3.51. The first-order valence-corrected chi connectivity index (χ1v) is 7.45. The van der Waals surface area contributed by atoms with Crippen LogP contribution in [-0.4, -0.2) is 16.5 Å². The maximum Gasteiger partial charge on any atom is 0.323 e. The topological polar surface area (TPSA) is 60.7 Å². The maximum absolute atomic E-state index is 11.3. The lowest BCUT2D eigenvalue weighted by Crippen LogP contribution is -2.22. The van der Waals surface area contributed by atoms with Crippen molar-refractivity contribution < 1.29 is 0 Å². The van der Waals surface area contributed by atoms with E-state index in [9.17, 15) is 4.79 Å². The van der Waals surface area contributed by atoms with Crippen LogP contribution in [0.25, 0.3) is 11.0 Å². The molecule has 1 aromatic heterocycles. The van der Waals surface area contributed by atoms with Gasteiger partial charge in [0.25, 0.3) is 0 Å². The van der Waals surface area contributed by atoms with Crippen molar-refractivity contribution in [1.29, 1.82) is 0 Å². The van der Waals surface area contributed by atoms with E-state index in [-0.39, 0.29) is 5.69 Å². The third-order valence-electron chi connectivity index (χ3n) is 3.17. The summed E-state index contributed by atoms with van der Waals surface area (Å²) in [6.45, 7) is 7.47. The summed E-state index contributed by atoms with van der Waals surface area (Å²) in [6.07, 6.45) is 1.06. The average molecular weight is 326 g/mol. The van der Waals surface area contributed by atoms with Crippen LogP contribution in [0.5, 0.6) is 0 Å². The van der Waals surface area contributed by atoms with E-state index in [4.69, 9.17) is 0 Å². The molecule has 1 heterocycles. The first kappa shape index (κ1) is 14.3. The lowest BCUT2D eigenvalue weighted by atomic mass is 9.96. The molecular weight excluding hydrogens is 306 g/mol. The standard InChI is InChI=1S/C14H20BrN3O/c1-4-16-11(5-8(2)3)9-6-12-13(7-10(9)15)18-14(19)17-12/h6-8,11,16H,4-5H2,1-3H3,(H2,17,18,19). The Morgan fingerprint density at radius 3 is 2.47 bits per heavy atom. The van der Waals surface area contributed by atoms with Crippen molar-refractivity contribution in [3.8, 4) is 0 Å². The molecule has 0 bridgehead atoms. The second kappa shape index (κ2) is 5.92. The number of H-pyrrole nitrogens is 2. The molecular formula is C14H20BrN3O. The Hall–Kier alpha value is -1.07. The zero-order valence-corrected chi connectivity index (χ0v) is 13.1. The Kier molecular flexibility index (Phi) is 4.47. The van der Waals surface area contributed by atoms with Crippen molar-refractivity contribution in [3.05, 3.63) is 32.7 Å². The van der Waals surface area contributed by atoms with Crippen LogP contribution in [0.2, 0.25) is 0 Å². The quantitative estimate of drug-likeness (QED) is 0.789. The van der Waals surface area contributed by atoms with Crippen molar-refractivity contribution in [2.24, 2.45) is 5.92 Å². The molecule has 0 saturated heterocycles. The molecule has 3 N–H and O–H groups in total. The largest absolute Gasteiger partial charge is 0.323 e. The van der Waals surface area contributed by atoms with Gasteiger partial charge in [0, 0.05) is 10.5 Å². The van der Waals surface area contributed by atoms with Crippen molar-refractivity contribution in [2.75, 3.05) is 6.54 Å². The highest BCUT2D eigenvalue weighted by Gasteiger charge is 2.16. The minimum absolute atomic E-state index is 0.164. The molecule has 0 aliphatic heterocycles. The second-order valence-corrected chi connectivity index (χ2v) is 6.09. The van der Waals surface area contributed by atoms with Gasteiger partial charge >= 0.3 is 5.69 Å². The third-order valence-corrected chi connectivity index (χ3v) is 3.85. The van der Waals surface area contributed by atoms with Gasteiger partial charge in [-0.15, -0.1) is 0 Å². The van der Waals surface area contributed by atoms with E-state index < -0.39 is 0 Å². The zero-order valence-electron chi connectivity index (χ0n) is 11.5. The molecule has 1 aromatic carbocycles. The summed E-state index contributed by atoms with van der Waals surface area (Å²) >= 11 is 3.61. The number of benzene rings is 1. The van der Waals surface area contributed by atoms with Crippen LogP contribution in [0.15, 0.2) is 21.4 Å². The molecule has 1 unspecified atom stereocenters. The van der Waals surface area contributed by atoms with Gasteiger partial charge in [0.1, 0.15) is 0 Å². The third kappa shape index (κ3) is 3.28. The molecule has 0 spiro atoms.